The van der Waals surface area contributed by atoms with Gasteiger partial charge in [-0.1, -0.05) is 6.07 Å². The van der Waals surface area contributed by atoms with Gasteiger partial charge < -0.3 is 0 Å². The van der Waals surface area contributed by atoms with E-state index in [1.807, 2.05) is 17.5 Å². The van der Waals surface area contributed by atoms with Crippen molar-refractivity contribution >= 4 is 34.6 Å². The highest BCUT2D eigenvalue weighted by Crippen LogP contribution is 2.28. The van der Waals surface area contributed by atoms with Gasteiger partial charge >= 0.3 is 5.69 Å². The van der Waals surface area contributed by atoms with Crippen LogP contribution in [-0.4, -0.2) is 16.1 Å². The number of hydrogen-bond donors (Lipinski definition) is 1. The van der Waals surface area contributed by atoms with Gasteiger partial charge in [0.1, 0.15) is 5.69 Å². The van der Waals surface area contributed by atoms with Crippen LogP contribution >= 0.6 is 11.3 Å². The van der Waals surface area contributed by atoms with Crippen LogP contribution in [-0.2, 0) is 0 Å². The second-order valence-electron chi connectivity index (χ2n) is 3.60. The fourth-order valence-electron chi connectivity index (χ4n) is 1.41. The van der Waals surface area contributed by atoms with Gasteiger partial charge in [-0.2, -0.15) is 5.10 Å². The summed E-state index contributed by atoms with van der Waals surface area (Å²) in [5.74, 6) is 0. The third-order valence-electron chi connectivity index (χ3n) is 2.31. The molecule has 8 nitrogen and oxygen atoms in total. The van der Waals surface area contributed by atoms with Gasteiger partial charge in [0.2, 0.25) is 0 Å². The number of nitro benzene ring substituents is 2. The van der Waals surface area contributed by atoms with E-state index < -0.39 is 15.5 Å². The number of nitrogens with zero attached hydrogens (tertiary/aromatic N) is 3. The van der Waals surface area contributed by atoms with Gasteiger partial charge in [0.05, 0.1) is 22.1 Å². The Kier molecular flexibility index (Phi) is 4.01. The summed E-state index contributed by atoms with van der Waals surface area (Å²) < 4.78 is 0. The third kappa shape index (κ3) is 3.14. The van der Waals surface area contributed by atoms with Crippen LogP contribution < -0.4 is 5.43 Å². The smallest absolute Gasteiger partial charge is 0.272 e. The van der Waals surface area contributed by atoms with Crippen molar-refractivity contribution in [3.8, 4) is 0 Å². The first-order valence-electron chi connectivity index (χ1n) is 5.33. The van der Waals surface area contributed by atoms with E-state index in [2.05, 4.69) is 10.5 Å². The number of rotatable bonds is 5. The van der Waals surface area contributed by atoms with E-state index in [9.17, 15) is 20.2 Å². The van der Waals surface area contributed by atoms with Crippen LogP contribution in [0.4, 0.5) is 17.1 Å². The molecule has 0 spiro atoms. The van der Waals surface area contributed by atoms with Crippen LogP contribution in [0, 0.1) is 20.2 Å². The first kappa shape index (κ1) is 13.6. The van der Waals surface area contributed by atoms with Crippen LogP contribution in [0.2, 0.25) is 0 Å². The maximum Gasteiger partial charge on any atom is 0.301 e. The minimum Gasteiger partial charge on any atom is -0.272 e. The molecule has 9 heteroatoms. The molecule has 20 heavy (non-hydrogen) atoms. The minimum atomic E-state index is -0.698. The summed E-state index contributed by atoms with van der Waals surface area (Å²) in [6, 6.07) is 7.00. The Morgan fingerprint density at radius 1 is 1.20 bits per heavy atom. The molecule has 1 heterocycles. The number of hydrogen-bond acceptors (Lipinski definition) is 7. The lowest BCUT2D eigenvalue weighted by molar-refractivity contribution is -0.393. The van der Waals surface area contributed by atoms with Crippen molar-refractivity contribution in [2.75, 3.05) is 5.43 Å². The molecular weight excluding hydrogens is 284 g/mol. The number of non-ortho nitro benzene ring substituents is 1. The summed E-state index contributed by atoms with van der Waals surface area (Å²) in [5.41, 5.74) is 1.86. The lowest BCUT2D eigenvalue weighted by atomic mass is 10.2. The molecule has 1 aromatic heterocycles. The van der Waals surface area contributed by atoms with Gasteiger partial charge in [-0.3, -0.25) is 25.7 Å². The van der Waals surface area contributed by atoms with Crippen LogP contribution in [0.15, 0.2) is 40.8 Å². The Hall–Kier alpha value is -2.81. The average Bonchev–Trinajstić information content (AvgIpc) is 2.91. The third-order valence-corrected chi connectivity index (χ3v) is 3.12. The molecule has 0 aliphatic rings. The Balaban J connectivity index is 2.22. The Morgan fingerprint density at radius 2 is 2.00 bits per heavy atom. The van der Waals surface area contributed by atoms with Crippen molar-refractivity contribution in [1.29, 1.82) is 0 Å². The highest BCUT2D eigenvalue weighted by atomic mass is 32.1. The predicted octanol–water partition coefficient (Wildman–Crippen LogP) is 3.01. The van der Waals surface area contributed by atoms with Crippen molar-refractivity contribution in [1.82, 2.24) is 0 Å². The number of anilines is 1. The summed E-state index contributed by atoms with van der Waals surface area (Å²) in [5, 5.41) is 27.2. The van der Waals surface area contributed by atoms with Crippen LogP contribution in [0.5, 0.6) is 0 Å². The van der Waals surface area contributed by atoms with Gasteiger partial charge in [0.25, 0.3) is 5.69 Å². The molecule has 102 valence electrons. The standard InChI is InChI=1S/C11H8N4O4S/c16-14(17)8-3-4-10(11(6-8)15(18)19)13-12-7-9-2-1-5-20-9/h1-7,13H/b12-7-. The zero-order valence-corrected chi connectivity index (χ0v) is 10.7. The molecule has 2 rings (SSSR count). The molecule has 2 aromatic rings. The van der Waals surface area contributed by atoms with E-state index in [0.717, 1.165) is 10.9 Å². The topological polar surface area (TPSA) is 111 Å². The number of benzene rings is 1. The number of hydrazone groups is 1. The lowest BCUT2D eigenvalue weighted by Crippen LogP contribution is -1.98. The second kappa shape index (κ2) is 5.89. The van der Waals surface area contributed by atoms with Crippen molar-refractivity contribution in [2.24, 2.45) is 5.10 Å². The summed E-state index contributed by atoms with van der Waals surface area (Å²) in [6.07, 6.45) is 1.51. The van der Waals surface area contributed by atoms with E-state index in [0.29, 0.717) is 0 Å². The van der Waals surface area contributed by atoms with Gasteiger partial charge in [-0.05, 0) is 17.5 Å². The van der Waals surface area contributed by atoms with Crippen LogP contribution in [0.25, 0.3) is 0 Å². The normalized spacial score (nSPS) is 10.6. The summed E-state index contributed by atoms with van der Waals surface area (Å²) in [4.78, 5) is 21.0. The Labute approximate surface area is 116 Å². The Bertz CT molecular complexity index is 669. The molecule has 0 aliphatic heterocycles. The number of nitro groups is 2. The van der Waals surface area contributed by atoms with Gasteiger partial charge in [-0.25, -0.2) is 0 Å². The molecule has 1 N–H and O–H groups in total. The quantitative estimate of drug-likeness (QED) is 0.517. The molecule has 0 aliphatic carbocycles. The molecule has 0 bridgehead atoms. The summed E-state index contributed by atoms with van der Waals surface area (Å²) >= 11 is 1.46. The predicted molar refractivity (Wildman–Crippen MR) is 75.3 cm³/mol. The van der Waals surface area contributed by atoms with E-state index in [4.69, 9.17) is 0 Å². The molecule has 0 amide bonds. The van der Waals surface area contributed by atoms with Crippen molar-refractivity contribution in [2.45, 2.75) is 0 Å². The zero-order chi connectivity index (χ0) is 14.5. The molecule has 0 atom stereocenters. The van der Waals surface area contributed by atoms with Crippen molar-refractivity contribution in [3.05, 3.63) is 60.8 Å². The highest BCUT2D eigenvalue weighted by Gasteiger charge is 2.18. The monoisotopic (exact) mass is 292 g/mol. The molecule has 1 aromatic carbocycles. The molecule has 0 unspecified atom stereocenters. The van der Waals surface area contributed by atoms with E-state index in [1.165, 1.54) is 29.7 Å². The van der Waals surface area contributed by atoms with Crippen molar-refractivity contribution in [3.63, 3.8) is 0 Å². The molecule has 0 fully saturated rings. The zero-order valence-electron chi connectivity index (χ0n) is 9.92. The van der Waals surface area contributed by atoms with Crippen molar-refractivity contribution < 1.29 is 9.85 Å². The highest BCUT2D eigenvalue weighted by molar-refractivity contribution is 7.11. The molecule has 0 saturated carbocycles. The first-order chi connectivity index (χ1) is 9.58. The maximum atomic E-state index is 10.9. The van der Waals surface area contributed by atoms with E-state index in [-0.39, 0.29) is 11.4 Å². The lowest BCUT2D eigenvalue weighted by Gasteiger charge is -2.01. The van der Waals surface area contributed by atoms with E-state index in [1.54, 1.807) is 0 Å². The SMILES string of the molecule is O=[N+]([O-])c1ccc(N/N=C\c2cccs2)c([N+](=O)[O-])c1. The summed E-state index contributed by atoms with van der Waals surface area (Å²) in [6.45, 7) is 0. The second-order valence-corrected chi connectivity index (χ2v) is 4.58. The molecule has 0 radical (unpaired) electrons. The largest absolute Gasteiger partial charge is 0.301 e. The summed E-state index contributed by atoms with van der Waals surface area (Å²) in [7, 11) is 0. The fourth-order valence-corrected chi connectivity index (χ4v) is 1.99. The van der Waals surface area contributed by atoms with Crippen LogP contribution in [0.3, 0.4) is 0 Å². The van der Waals surface area contributed by atoms with Gasteiger partial charge in [0.15, 0.2) is 0 Å². The minimum absolute atomic E-state index is 0.0911. The fraction of sp³-hybridized carbons (Fsp3) is 0. The molecular formula is C11H8N4O4S. The average molecular weight is 292 g/mol. The van der Waals surface area contributed by atoms with Gasteiger partial charge in [0, 0.05) is 10.9 Å². The van der Waals surface area contributed by atoms with Gasteiger partial charge in [-0.15, -0.1) is 11.3 Å². The van der Waals surface area contributed by atoms with Crippen LogP contribution in [0.1, 0.15) is 4.88 Å². The number of nitrogens with one attached hydrogen (secondary N) is 1. The Morgan fingerprint density at radius 3 is 2.60 bits per heavy atom. The maximum absolute atomic E-state index is 10.9. The first-order valence-corrected chi connectivity index (χ1v) is 6.21. The van der Waals surface area contributed by atoms with E-state index >= 15 is 0 Å². The molecule has 0 saturated heterocycles. The number of thiophene rings is 1.